The van der Waals surface area contributed by atoms with E-state index in [0.29, 0.717) is 11.3 Å². The molecule has 6 heteroatoms. The van der Waals surface area contributed by atoms with Gasteiger partial charge in [-0.1, -0.05) is 6.07 Å². The highest BCUT2D eigenvalue weighted by atomic mass is 16.7. The minimum Gasteiger partial charge on any atom is -0.497 e. The Morgan fingerprint density at radius 3 is 2.22 bits per heavy atom. The molecule has 1 heterocycles. The quantitative estimate of drug-likeness (QED) is 0.864. The summed E-state index contributed by atoms with van der Waals surface area (Å²) < 4.78 is 17.6. The Labute approximate surface area is 138 Å². The van der Waals surface area contributed by atoms with E-state index in [-0.39, 0.29) is 11.9 Å². The van der Waals surface area contributed by atoms with Gasteiger partial charge in [0.2, 0.25) is 0 Å². The summed E-state index contributed by atoms with van der Waals surface area (Å²) in [5.41, 5.74) is 0.496. The summed E-state index contributed by atoms with van der Waals surface area (Å²) in [5.74, 6) is 0.457. The SMILES string of the molecule is COc1cc(C(=O)NC(C)C)ccc1B1OC(C)(C)C(C)(C)O1. The summed E-state index contributed by atoms with van der Waals surface area (Å²) in [4.78, 5) is 12.1. The highest BCUT2D eigenvalue weighted by molar-refractivity contribution is 6.63. The van der Waals surface area contributed by atoms with Crippen LogP contribution in [0.2, 0.25) is 0 Å². The second kappa shape index (κ2) is 6.17. The highest BCUT2D eigenvalue weighted by Crippen LogP contribution is 2.37. The van der Waals surface area contributed by atoms with Crippen LogP contribution in [0.5, 0.6) is 5.75 Å². The molecule has 0 spiro atoms. The maximum absolute atomic E-state index is 12.1. The van der Waals surface area contributed by atoms with Crippen molar-refractivity contribution >= 4 is 18.5 Å². The van der Waals surface area contributed by atoms with Crippen molar-refractivity contribution < 1.29 is 18.8 Å². The second-order valence-corrected chi connectivity index (χ2v) is 7.17. The zero-order chi connectivity index (χ0) is 17.4. The fourth-order valence-electron chi connectivity index (χ4n) is 2.36. The minimum absolute atomic E-state index is 0.0799. The van der Waals surface area contributed by atoms with Gasteiger partial charge in [0.15, 0.2) is 0 Å². The summed E-state index contributed by atoms with van der Waals surface area (Å²) in [6.45, 7) is 11.9. The molecule has 1 aromatic carbocycles. The van der Waals surface area contributed by atoms with Crippen LogP contribution >= 0.6 is 0 Å². The Morgan fingerprint density at radius 2 is 1.74 bits per heavy atom. The molecule has 1 aliphatic rings. The molecule has 1 fully saturated rings. The van der Waals surface area contributed by atoms with Gasteiger partial charge >= 0.3 is 7.12 Å². The molecular weight excluding hydrogens is 293 g/mol. The van der Waals surface area contributed by atoms with Crippen molar-refractivity contribution in [3.63, 3.8) is 0 Å². The van der Waals surface area contributed by atoms with Crippen molar-refractivity contribution in [1.82, 2.24) is 5.32 Å². The van der Waals surface area contributed by atoms with E-state index in [4.69, 9.17) is 14.0 Å². The molecule has 1 N–H and O–H groups in total. The molecular formula is C17H26BNO4. The molecule has 0 aliphatic carbocycles. The number of methoxy groups -OCH3 is 1. The number of rotatable bonds is 4. The average Bonchev–Trinajstić information content (AvgIpc) is 2.65. The lowest BCUT2D eigenvalue weighted by Crippen LogP contribution is -2.41. The molecule has 1 aliphatic heterocycles. The Morgan fingerprint density at radius 1 is 1.17 bits per heavy atom. The second-order valence-electron chi connectivity index (χ2n) is 7.17. The summed E-state index contributed by atoms with van der Waals surface area (Å²) in [6, 6.07) is 5.39. The van der Waals surface area contributed by atoms with Crippen LogP contribution in [0.4, 0.5) is 0 Å². The van der Waals surface area contributed by atoms with Crippen LogP contribution in [0.1, 0.15) is 51.9 Å². The summed E-state index contributed by atoms with van der Waals surface area (Å²) in [5, 5.41) is 2.87. The molecule has 5 nitrogen and oxygen atoms in total. The third-order valence-electron chi connectivity index (χ3n) is 4.42. The van der Waals surface area contributed by atoms with Gasteiger partial charge in [0.25, 0.3) is 5.91 Å². The summed E-state index contributed by atoms with van der Waals surface area (Å²) >= 11 is 0. The molecule has 0 saturated carbocycles. The first-order chi connectivity index (χ1) is 10.6. The number of amides is 1. The van der Waals surface area contributed by atoms with Crippen LogP contribution in [-0.2, 0) is 9.31 Å². The maximum Gasteiger partial charge on any atom is 0.498 e. The predicted molar refractivity (Wildman–Crippen MR) is 91.3 cm³/mol. The summed E-state index contributed by atoms with van der Waals surface area (Å²) in [6.07, 6.45) is 0. The molecule has 126 valence electrons. The molecule has 0 aromatic heterocycles. The van der Waals surface area contributed by atoms with Gasteiger partial charge in [-0.05, 0) is 53.7 Å². The lowest BCUT2D eigenvalue weighted by molar-refractivity contribution is 0.00578. The Kier molecular flexibility index (Phi) is 4.78. The van der Waals surface area contributed by atoms with Crippen molar-refractivity contribution in [2.24, 2.45) is 0 Å². The molecule has 0 unspecified atom stereocenters. The topological polar surface area (TPSA) is 56.8 Å². The number of ether oxygens (including phenoxy) is 1. The molecule has 2 rings (SSSR count). The van der Waals surface area contributed by atoms with Gasteiger partial charge in [-0.2, -0.15) is 0 Å². The maximum atomic E-state index is 12.1. The molecule has 0 radical (unpaired) electrons. The van der Waals surface area contributed by atoms with Crippen molar-refractivity contribution in [3.05, 3.63) is 23.8 Å². The Hall–Kier alpha value is -1.53. The van der Waals surface area contributed by atoms with Crippen LogP contribution in [-0.4, -0.2) is 37.4 Å². The van der Waals surface area contributed by atoms with E-state index in [0.717, 1.165) is 5.46 Å². The number of benzene rings is 1. The van der Waals surface area contributed by atoms with Crippen LogP contribution in [0.25, 0.3) is 0 Å². The van der Waals surface area contributed by atoms with E-state index in [2.05, 4.69) is 5.32 Å². The van der Waals surface area contributed by atoms with Crippen LogP contribution in [0.3, 0.4) is 0 Å². The van der Waals surface area contributed by atoms with Gasteiger partial charge in [-0.25, -0.2) is 0 Å². The number of carbonyl (C=O) groups is 1. The normalized spacial score (nSPS) is 19.0. The Bertz CT molecular complexity index is 582. The minimum atomic E-state index is -0.517. The number of carbonyl (C=O) groups excluding carboxylic acids is 1. The average molecular weight is 319 g/mol. The van der Waals surface area contributed by atoms with E-state index >= 15 is 0 Å². The fourth-order valence-corrected chi connectivity index (χ4v) is 2.36. The van der Waals surface area contributed by atoms with Gasteiger partial charge in [0.05, 0.1) is 18.3 Å². The fraction of sp³-hybridized carbons (Fsp3) is 0.588. The molecule has 23 heavy (non-hydrogen) atoms. The zero-order valence-electron chi connectivity index (χ0n) is 15.0. The Balaban J connectivity index is 2.30. The summed E-state index contributed by atoms with van der Waals surface area (Å²) in [7, 11) is 1.06. The first-order valence-corrected chi connectivity index (χ1v) is 7.92. The van der Waals surface area contributed by atoms with Gasteiger partial charge in [0, 0.05) is 17.1 Å². The van der Waals surface area contributed by atoms with E-state index in [1.165, 1.54) is 0 Å². The molecule has 0 atom stereocenters. The first-order valence-electron chi connectivity index (χ1n) is 7.92. The smallest absolute Gasteiger partial charge is 0.497 e. The zero-order valence-corrected chi connectivity index (χ0v) is 15.0. The lowest BCUT2D eigenvalue weighted by atomic mass is 9.78. The van der Waals surface area contributed by atoms with Crippen LogP contribution in [0.15, 0.2) is 18.2 Å². The predicted octanol–water partition coefficient (Wildman–Crippen LogP) is 2.13. The number of nitrogens with one attached hydrogen (secondary N) is 1. The molecule has 0 bridgehead atoms. The van der Waals surface area contributed by atoms with Gasteiger partial charge in [-0.3, -0.25) is 4.79 Å². The van der Waals surface area contributed by atoms with Crippen molar-refractivity contribution in [2.45, 2.75) is 58.8 Å². The van der Waals surface area contributed by atoms with Crippen LogP contribution < -0.4 is 15.5 Å². The van der Waals surface area contributed by atoms with Crippen molar-refractivity contribution in [3.8, 4) is 5.75 Å². The lowest BCUT2D eigenvalue weighted by Gasteiger charge is -2.32. The van der Waals surface area contributed by atoms with Crippen molar-refractivity contribution in [1.29, 1.82) is 0 Å². The van der Waals surface area contributed by atoms with Gasteiger partial charge in [-0.15, -0.1) is 0 Å². The van der Waals surface area contributed by atoms with E-state index < -0.39 is 18.3 Å². The van der Waals surface area contributed by atoms with E-state index in [1.807, 2.05) is 47.6 Å². The third kappa shape index (κ3) is 3.53. The largest absolute Gasteiger partial charge is 0.498 e. The van der Waals surface area contributed by atoms with Crippen LogP contribution in [0, 0.1) is 0 Å². The molecule has 1 aromatic rings. The first kappa shape index (κ1) is 17.8. The van der Waals surface area contributed by atoms with E-state index in [9.17, 15) is 4.79 Å². The highest BCUT2D eigenvalue weighted by Gasteiger charge is 2.52. The molecule has 1 saturated heterocycles. The van der Waals surface area contributed by atoms with E-state index in [1.54, 1.807) is 19.2 Å². The van der Waals surface area contributed by atoms with Gasteiger partial charge < -0.3 is 19.4 Å². The third-order valence-corrected chi connectivity index (χ3v) is 4.42. The monoisotopic (exact) mass is 319 g/mol. The molecule has 1 amide bonds. The standard InChI is InChI=1S/C17H26BNO4/c1-11(2)19-15(20)12-8-9-13(14(10-12)21-7)18-22-16(3,4)17(5,6)23-18/h8-11H,1-7H3,(H,19,20). The number of hydrogen-bond acceptors (Lipinski definition) is 4. The van der Waals surface area contributed by atoms with Gasteiger partial charge in [0.1, 0.15) is 5.75 Å². The van der Waals surface area contributed by atoms with Crippen molar-refractivity contribution in [2.75, 3.05) is 7.11 Å². The number of hydrogen-bond donors (Lipinski definition) is 1.